The number of anilines is 1. The average Bonchev–Trinajstić information content (AvgIpc) is 2.46. The molecule has 1 aliphatic heterocycles. The van der Waals surface area contributed by atoms with Crippen molar-refractivity contribution in [2.24, 2.45) is 5.92 Å². The van der Waals surface area contributed by atoms with Crippen LogP contribution in [0.1, 0.15) is 18.4 Å². The number of nitrogens with zero attached hydrogens (tertiary/aromatic N) is 4. The zero-order valence-corrected chi connectivity index (χ0v) is 10.3. The summed E-state index contributed by atoms with van der Waals surface area (Å²) in [7, 11) is 0. The van der Waals surface area contributed by atoms with E-state index < -0.39 is 4.92 Å². The predicted molar refractivity (Wildman–Crippen MR) is 67.6 cm³/mol. The van der Waals surface area contributed by atoms with Crippen molar-refractivity contribution >= 4 is 11.5 Å². The van der Waals surface area contributed by atoms with E-state index in [1.165, 1.54) is 12.3 Å². The van der Waals surface area contributed by atoms with Gasteiger partial charge < -0.3 is 10.0 Å². The van der Waals surface area contributed by atoms with E-state index in [-0.39, 0.29) is 23.8 Å². The van der Waals surface area contributed by atoms with Crippen LogP contribution < -0.4 is 4.90 Å². The lowest BCUT2D eigenvalue weighted by molar-refractivity contribution is -0.385. The Morgan fingerprint density at radius 2 is 2.47 bits per heavy atom. The lowest BCUT2D eigenvalue weighted by Crippen LogP contribution is -2.37. The summed E-state index contributed by atoms with van der Waals surface area (Å²) < 4.78 is 0. The number of aromatic nitrogens is 1. The number of aliphatic hydroxyl groups is 1. The predicted octanol–water partition coefficient (Wildman–Crippen LogP) is 1.07. The monoisotopic (exact) mass is 262 g/mol. The summed E-state index contributed by atoms with van der Waals surface area (Å²) in [6, 6.07) is 3.19. The van der Waals surface area contributed by atoms with Crippen LogP contribution >= 0.6 is 0 Å². The molecule has 1 aliphatic rings. The molecule has 7 heteroatoms. The van der Waals surface area contributed by atoms with Crippen molar-refractivity contribution in [1.82, 2.24) is 4.98 Å². The summed E-state index contributed by atoms with van der Waals surface area (Å²) in [6.07, 6.45) is 3.02. The molecule has 1 fully saturated rings. The second-order valence-electron chi connectivity index (χ2n) is 4.57. The van der Waals surface area contributed by atoms with Crippen LogP contribution in [0.3, 0.4) is 0 Å². The van der Waals surface area contributed by atoms with Crippen molar-refractivity contribution in [2.75, 3.05) is 24.6 Å². The molecule has 19 heavy (non-hydrogen) atoms. The molecule has 1 aromatic heterocycles. The van der Waals surface area contributed by atoms with Gasteiger partial charge in [0.2, 0.25) is 0 Å². The molecule has 2 rings (SSSR count). The van der Waals surface area contributed by atoms with Gasteiger partial charge in [0.25, 0.3) is 5.69 Å². The second-order valence-corrected chi connectivity index (χ2v) is 4.57. The summed E-state index contributed by atoms with van der Waals surface area (Å²) in [5.41, 5.74) is 0.0174. The average molecular weight is 262 g/mol. The number of nitriles is 1. The Labute approximate surface area is 110 Å². The molecule has 0 spiro atoms. The van der Waals surface area contributed by atoms with E-state index in [0.29, 0.717) is 12.4 Å². The topological polar surface area (TPSA) is 103 Å². The first-order chi connectivity index (χ1) is 9.15. The summed E-state index contributed by atoms with van der Waals surface area (Å²) >= 11 is 0. The molecular formula is C12H14N4O3. The molecule has 0 amide bonds. The molecule has 1 N–H and O–H groups in total. The van der Waals surface area contributed by atoms with Crippen molar-refractivity contribution in [1.29, 1.82) is 5.26 Å². The van der Waals surface area contributed by atoms with E-state index in [4.69, 9.17) is 5.26 Å². The first-order valence-electron chi connectivity index (χ1n) is 6.06. The van der Waals surface area contributed by atoms with Gasteiger partial charge in [0.15, 0.2) is 0 Å². The van der Waals surface area contributed by atoms with Gasteiger partial charge in [0, 0.05) is 25.8 Å². The maximum Gasteiger partial charge on any atom is 0.289 e. The molecular weight excluding hydrogens is 248 g/mol. The fourth-order valence-corrected chi connectivity index (χ4v) is 2.29. The highest BCUT2D eigenvalue weighted by Gasteiger charge is 2.23. The third-order valence-corrected chi connectivity index (χ3v) is 3.26. The van der Waals surface area contributed by atoms with Gasteiger partial charge in [-0.15, -0.1) is 0 Å². The van der Waals surface area contributed by atoms with Crippen molar-refractivity contribution in [3.05, 3.63) is 27.9 Å². The van der Waals surface area contributed by atoms with E-state index in [1.54, 1.807) is 0 Å². The minimum atomic E-state index is -0.565. The largest absolute Gasteiger partial charge is 0.396 e. The molecule has 0 aliphatic carbocycles. The number of pyridine rings is 1. The zero-order valence-electron chi connectivity index (χ0n) is 10.3. The summed E-state index contributed by atoms with van der Waals surface area (Å²) in [5, 5.41) is 29.0. The quantitative estimate of drug-likeness (QED) is 0.645. The maximum absolute atomic E-state index is 10.7. The highest BCUT2D eigenvalue weighted by atomic mass is 16.6. The Balaban J connectivity index is 2.29. The third-order valence-electron chi connectivity index (χ3n) is 3.26. The van der Waals surface area contributed by atoms with E-state index in [2.05, 4.69) is 4.98 Å². The van der Waals surface area contributed by atoms with Crippen LogP contribution in [0.5, 0.6) is 0 Å². The fraction of sp³-hybridized carbons (Fsp3) is 0.500. The van der Waals surface area contributed by atoms with Crippen molar-refractivity contribution < 1.29 is 10.0 Å². The lowest BCUT2D eigenvalue weighted by Gasteiger charge is -2.33. The summed E-state index contributed by atoms with van der Waals surface area (Å²) in [6.45, 7) is 1.47. The van der Waals surface area contributed by atoms with Gasteiger partial charge in [0.1, 0.15) is 23.6 Å². The zero-order chi connectivity index (χ0) is 13.8. The van der Waals surface area contributed by atoms with E-state index in [1.807, 2.05) is 11.0 Å². The van der Waals surface area contributed by atoms with Gasteiger partial charge in [-0.3, -0.25) is 10.1 Å². The third kappa shape index (κ3) is 2.80. The van der Waals surface area contributed by atoms with Crippen LogP contribution in [0.4, 0.5) is 11.5 Å². The number of rotatable bonds is 3. The first-order valence-corrected chi connectivity index (χ1v) is 6.06. The molecule has 7 nitrogen and oxygen atoms in total. The van der Waals surface area contributed by atoms with Crippen LogP contribution in [0, 0.1) is 27.4 Å². The Morgan fingerprint density at radius 3 is 3.11 bits per heavy atom. The molecule has 1 saturated heterocycles. The fourth-order valence-electron chi connectivity index (χ4n) is 2.29. The van der Waals surface area contributed by atoms with Crippen LogP contribution in [0.25, 0.3) is 0 Å². The van der Waals surface area contributed by atoms with Crippen LogP contribution in [0.15, 0.2) is 12.3 Å². The van der Waals surface area contributed by atoms with Crippen LogP contribution in [0.2, 0.25) is 0 Å². The SMILES string of the molecule is N#Cc1cc([N+](=O)[O-])cnc1N1CCCC(CO)C1. The summed E-state index contributed by atoms with van der Waals surface area (Å²) in [5.74, 6) is 0.628. The minimum absolute atomic E-state index is 0.103. The molecule has 100 valence electrons. The molecule has 1 aromatic rings. The summed E-state index contributed by atoms with van der Waals surface area (Å²) in [4.78, 5) is 16.1. The highest BCUT2D eigenvalue weighted by molar-refractivity contribution is 5.57. The van der Waals surface area contributed by atoms with Crippen molar-refractivity contribution in [3.8, 4) is 6.07 Å². The normalized spacial score (nSPS) is 18.9. The minimum Gasteiger partial charge on any atom is -0.396 e. The Morgan fingerprint density at radius 1 is 1.68 bits per heavy atom. The molecule has 1 atom stereocenters. The first kappa shape index (κ1) is 13.2. The lowest BCUT2D eigenvalue weighted by atomic mass is 9.99. The van der Waals surface area contributed by atoms with Crippen molar-refractivity contribution in [2.45, 2.75) is 12.8 Å². The standard InChI is InChI=1S/C12H14N4O3/c13-5-10-4-11(16(18)19)6-14-12(10)15-3-1-2-9(7-15)8-17/h4,6,9,17H,1-3,7-8H2. The molecule has 0 saturated carbocycles. The maximum atomic E-state index is 10.7. The highest BCUT2D eigenvalue weighted by Crippen LogP contribution is 2.26. The molecule has 0 radical (unpaired) electrons. The Hall–Kier alpha value is -2.20. The van der Waals surface area contributed by atoms with Gasteiger partial charge >= 0.3 is 0 Å². The Bertz CT molecular complexity index is 526. The molecule has 0 aromatic carbocycles. The number of hydrogen-bond donors (Lipinski definition) is 1. The van der Waals surface area contributed by atoms with Crippen molar-refractivity contribution in [3.63, 3.8) is 0 Å². The van der Waals surface area contributed by atoms with E-state index >= 15 is 0 Å². The smallest absolute Gasteiger partial charge is 0.289 e. The van der Waals surface area contributed by atoms with Crippen LogP contribution in [-0.4, -0.2) is 34.7 Å². The Kier molecular flexibility index (Phi) is 3.92. The van der Waals surface area contributed by atoms with Crippen LogP contribution in [-0.2, 0) is 0 Å². The van der Waals surface area contributed by atoms with E-state index in [9.17, 15) is 15.2 Å². The van der Waals surface area contributed by atoms with Gasteiger partial charge in [-0.05, 0) is 18.8 Å². The number of piperidine rings is 1. The number of hydrogen-bond acceptors (Lipinski definition) is 6. The van der Waals surface area contributed by atoms with Gasteiger partial charge in [-0.25, -0.2) is 4.98 Å². The number of aliphatic hydroxyl groups excluding tert-OH is 1. The van der Waals surface area contributed by atoms with E-state index in [0.717, 1.165) is 19.4 Å². The second kappa shape index (κ2) is 5.63. The van der Waals surface area contributed by atoms with Gasteiger partial charge in [0.05, 0.1) is 4.92 Å². The molecule has 1 unspecified atom stereocenters. The van der Waals surface area contributed by atoms with Gasteiger partial charge in [-0.1, -0.05) is 0 Å². The van der Waals surface area contributed by atoms with Gasteiger partial charge in [-0.2, -0.15) is 5.26 Å². The number of nitro groups is 1. The molecule has 2 heterocycles. The molecule has 0 bridgehead atoms.